The smallest absolute Gasteiger partial charge is 0.0934 e. The maximum atomic E-state index is 6.27. The van der Waals surface area contributed by atoms with Crippen molar-refractivity contribution in [2.75, 3.05) is 0 Å². The predicted molar refractivity (Wildman–Crippen MR) is 74.4 cm³/mol. The molecule has 96 valence electrons. The van der Waals surface area contributed by atoms with Crippen molar-refractivity contribution in [3.63, 3.8) is 0 Å². The monoisotopic (exact) mass is 252 g/mol. The average molecular weight is 252 g/mol. The lowest BCUT2D eigenvalue weighted by Gasteiger charge is -2.33. The number of hydrogen-bond donors (Lipinski definition) is 1. The summed E-state index contributed by atoms with van der Waals surface area (Å²) < 4.78 is 0. The molecule has 1 aromatic heterocycles. The van der Waals surface area contributed by atoms with Crippen LogP contribution in [-0.2, 0) is 6.42 Å². The van der Waals surface area contributed by atoms with Crippen molar-refractivity contribution in [1.82, 2.24) is 4.98 Å². The molecule has 1 aliphatic rings. The van der Waals surface area contributed by atoms with Gasteiger partial charge in [-0.05, 0) is 44.9 Å². The van der Waals surface area contributed by atoms with Gasteiger partial charge in [0.1, 0.15) is 0 Å². The van der Waals surface area contributed by atoms with Crippen LogP contribution in [0.1, 0.15) is 48.2 Å². The maximum absolute atomic E-state index is 6.27. The van der Waals surface area contributed by atoms with Gasteiger partial charge in [-0.2, -0.15) is 0 Å². The number of rotatable bonds is 3. The van der Waals surface area contributed by atoms with E-state index in [9.17, 15) is 0 Å². The van der Waals surface area contributed by atoms with Crippen LogP contribution in [0.2, 0.25) is 0 Å². The van der Waals surface area contributed by atoms with Crippen LogP contribution in [0.3, 0.4) is 0 Å². The first-order valence-electron chi connectivity index (χ1n) is 6.78. The van der Waals surface area contributed by atoms with Gasteiger partial charge >= 0.3 is 0 Å². The third-order valence-electron chi connectivity index (χ3n) is 4.24. The Kier molecular flexibility index (Phi) is 4.21. The van der Waals surface area contributed by atoms with Crippen LogP contribution in [-0.4, -0.2) is 11.0 Å². The van der Waals surface area contributed by atoms with Gasteiger partial charge < -0.3 is 5.73 Å². The van der Waals surface area contributed by atoms with Gasteiger partial charge in [-0.25, -0.2) is 4.98 Å². The Morgan fingerprint density at radius 2 is 2.12 bits per heavy atom. The molecular weight excluding hydrogens is 228 g/mol. The minimum absolute atomic E-state index is 0.391. The quantitative estimate of drug-likeness (QED) is 0.895. The molecule has 0 spiro atoms. The van der Waals surface area contributed by atoms with Crippen molar-refractivity contribution in [2.24, 2.45) is 17.6 Å². The second-order valence-electron chi connectivity index (χ2n) is 5.46. The lowest BCUT2D eigenvalue weighted by molar-refractivity contribution is 0.227. The summed E-state index contributed by atoms with van der Waals surface area (Å²) >= 11 is 1.85. The van der Waals surface area contributed by atoms with E-state index in [0.717, 1.165) is 12.3 Å². The van der Waals surface area contributed by atoms with Crippen LogP contribution in [0.15, 0.2) is 0 Å². The summed E-state index contributed by atoms with van der Waals surface area (Å²) in [5.74, 6) is 1.54. The van der Waals surface area contributed by atoms with E-state index >= 15 is 0 Å². The molecule has 1 fully saturated rings. The molecule has 2 N–H and O–H groups in total. The Bertz CT molecular complexity index is 353. The Balaban J connectivity index is 2.01. The number of nitrogens with two attached hydrogens (primary N) is 1. The van der Waals surface area contributed by atoms with E-state index in [1.807, 2.05) is 11.3 Å². The van der Waals surface area contributed by atoms with Crippen molar-refractivity contribution in [1.29, 1.82) is 0 Å². The first-order chi connectivity index (χ1) is 8.10. The Morgan fingerprint density at radius 3 is 2.71 bits per heavy atom. The summed E-state index contributed by atoms with van der Waals surface area (Å²) in [7, 11) is 0. The Labute approximate surface area is 109 Å². The summed E-state index contributed by atoms with van der Waals surface area (Å²) in [6.45, 7) is 6.56. The molecular formula is C14H24N2S. The molecule has 0 amide bonds. The van der Waals surface area contributed by atoms with Gasteiger partial charge in [-0.1, -0.05) is 13.3 Å². The zero-order valence-corrected chi connectivity index (χ0v) is 12.0. The van der Waals surface area contributed by atoms with Gasteiger partial charge in [0, 0.05) is 17.3 Å². The van der Waals surface area contributed by atoms with Crippen LogP contribution in [0.25, 0.3) is 0 Å². The SMILES string of the molecule is CCC1CCC(N)C(Cc2nc(C)c(C)s2)C1. The molecule has 1 heterocycles. The van der Waals surface area contributed by atoms with Crippen molar-refractivity contribution in [2.45, 2.75) is 58.9 Å². The number of nitrogens with zero attached hydrogens (tertiary/aromatic N) is 1. The van der Waals surface area contributed by atoms with E-state index in [-0.39, 0.29) is 0 Å². The summed E-state index contributed by atoms with van der Waals surface area (Å²) in [5.41, 5.74) is 7.46. The molecule has 0 radical (unpaired) electrons. The van der Waals surface area contributed by atoms with E-state index in [4.69, 9.17) is 5.73 Å². The molecule has 1 saturated carbocycles. The standard InChI is InChI=1S/C14H24N2S/c1-4-11-5-6-13(15)12(7-11)8-14-16-9(2)10(3)17-14/h11-13H,4-8,15H2,1-3H3. The molecule has 0 aliphatic heterocycles. The lowest BCUT2D eigenvalue weighted by Crippen LogP contribution is -2.37. The Hall–Kier alpha value is -0.410. The molecule has 0 aromatic carbocycles. The Morgan fingerprint density at radius 1 is 1.35 bits per heavy atom. The van der Waals surface area contributed by atoms with Crippen LogP contribution >= 0.6 is 11.3 Å². The van der Waals surface area contributed by atoms with Crippen LogP contribution in [0.5, 0.6) is 0 Å². The van der Waals surface area contributed by atoms with Gasteiger partial charge in [0.2, 0.25) is 0 Å². The lowest BCUT2D eigenvalue weighted by atomic mass is 9.76. The van der Waals surface area contributed by atoms with Gasteiger partial charge in [0.05, 0.1) is 10.7 Å². The van der Waals surface area contributed by atoms with Crippen molar-refractivity contribution in [3.8, 4) is 0 Å². The van der Waals surface area contributed by atoms with E-state index in [1.54, 1.807) is 0 Å². The van der Waals surface area contributed by atoms with Gasteiger partial charge in [0.15, 0.2) is 0 Å². The van der Waals surface area contributed by atoms with Crippen molar-refractivity contribution >= 4 is 11.3 Å². The number of hydrogen-bond acceptors (Lipinski definition) is 3. The number of aryl methyl sites for hydroxylation is 2. The van der Waals surface area contributed by atoms with Gasteiger partial charge in [0.25, 0.3) is 0 Å². The summed E-state index contributed by atoms with van der Waals surface area (Å²) in [5, 5.41) is 1.29. The fourth-order valence-electron chi connectivity index (χ4n) is 2.84. The predicted octanol–water partition coefficient (Wildman–Crippen LogP) is 3.46. The van der Waals surface area contributed by atoms with Crippen LogP contribution < -0.4 is 5.73 Å². The molecule has 3 unspecified atom stereocenters. The van der Waals surface area contributed by atoms with E-state index < -0.39 is 0 Å². The zero-order chi connectivity index (χ0) is 12.4. The third kappa shape index (κ3) is 3.08. The summed E-state index contributed by atoms with van der Waals surface area (Å²) in [6, 6.07) is 0.391. The van der Waals surface area contributed by atoms with E-state index in [2.05, 4.69) is 25.8 Å². The molecule has 3 atom stereocenters. The fraction of sp³-hybridized carbons (Fsp3) is 0.786. The largest absolute Gasteiger partial charge is 0.327 e. The fourth-order valence-corrected chi connectivity index (χ4v) is 3.87. The normalized spacial score (nSPS) is 29.5. The minimum Gasteiger partial charge on any atom is -0.327 e. The highest BCUT2D eigenvalue weighted by atomic mass is 32.1. The topological polar surface area (TPSA) is 38.9 Å². The molecule has 2 rings (SSSR count). The van der Waals surface area contributed by atoms with Crippen molar-refractivity contribution < 1.29 is 0 Å². The molecule has 17 heavy (non-hydrogen) atoms. The molecule has 0 bridgehead atoms. The van der Waals surface area contributed by atoms with Gasteiger partial charge in [-0.3, -0.25) is 0 Å². The number of thiazole rings is 1. The highest BCUT2D eigenvalue weighted by molar-refractivity contribution is 7.11. The summed E-state index contributed by atoms with van der Waals surface area (Å²) in [6.07, 6.45) is 6.22. The molecule has 1 aromatic rings. The maximum Gasteiger partial charge on any atom is 0.0934 e. The first kappa shape index (κ1) is 13.0. The summed E-state index contributed by atoms with van der Waals surface area (Å²) in [4.78, 5) is 6.01. The van der Waals surface area contributed by atoms with Crippen LogP contribution in [0, 0.1) is 25.7 Å². The number of aromatic nitrogens is 1. The highest BCUT2D eigenvalue weighted by Gasteiger charge is 2.28. The van der Waals surface area contributed by atoms with Crippen LogP contribution in [0.4, 0.5) is 0 Å². The molecule has 0 saturated heterocycles. The average Bonchev–Trinajstić information content (AvgIpc) is 2.61. The van der Waals surface area contributed by atoms with Gasteiger partial charge in [-0.15, -0.1) is 11.3 Å². The van der Waals surface area contributed by atoms with Crippen molar-refractivity contribution in [3.05, 3.63) is 15.6 Å². The molecule has 1 aliphatic carbocycles. The minimum atomic E-state index is 0.391. The third-order valence-corrected chi connectivity index (χ3v) is 5.33. The second kappa shape index (κ2) is 5.49. The van der Waals surface area contributed by atoms with E-state index in [1.165, 1.54) is 41.3 Å². The molecule has 3 heteroatoms. The molecule has 2 nitrogen and oxygen atoms in total. The zero-order valence-electron chi connectivity index (χ0n) is 11.2. The van der Waals surface area contributed by atoms with E-state index in [0.29, 0.717) is 12.0 Å². The first-order valence-corrected chi connectivity index (χ1v) is 7.60. The second-order valence-corrected chi connectivity index (χ2v) is 6.75. The highest BCUT2D eigenvalue weighted by Crippen LogP contribution is 2.33.